The minimum Gasteiger partial charge on any atom is -0.358 e. The van der Waals surface area contributed by atoms with Crippen molar-refractivity contribution in [2.75, 3.05) is 23.3 Å². The summed E-state index contributed by atoms with van der Waals surface area (Å²) in [7, 11) is 0. The van der Waals surface area contributed by atoms with Crippen LogP contribution in [0.5, 0.6) is 0 Å². The molecule has 1 aromatic carbocycles. The van der Waals surface area contributed by atoms with Gasteiger partial charge in [0.2, 0.25) is 5.95 Å². The summed E-state index contributed by atoms with van der Waals surface area (Å²) in [5.74, 6) is 2.48. The molecule has 1 fully saturated rings. The van der Waals surface area contributed by atoms with Crippen LogP contribution in [0.25, 0.3) is 0 Å². The zero-order valence-electron chi connectivity index (χ0n) is 15.4. The molecule has 3 rings (SSSR count). The summed E-state index contributed by atoms with van der Waals surface area (Å²) in [6.45, 7) is 7.05. The van der Waals surface area contributed by atoms with Gasteiger partial charge in [-0.25, -0.2) is 4.98 Å². The average molecular weight is 424 g/mol. The van der Waals surface area contributed by atoms with Gasteiger partial charge in [0.25, 0.3) is 0 Å². The lowest BCUT2D eigenvalue weighted by molar-refractivity contribution is 0.355. The lowest BCUT2D eigenvalue weighted by atomic mass is 9.92. The predicted octanol–water partition coefficient (Wildman–Crippen LogP) is 4.75. The molecule has 0 aliphatic carbocycles. The van der Waals surface area contributed by atoms with E-state index in [-0.39, 0.29) is 0 Å². The Hall–Kier alpha value is -1.63. The largest absolute Gasteiger partial charge is 0.358 e. The van der Waals surface area contributed by atoms with Gasteiger partial charge in [-0.3, -0.25) is 0 Å². The number of nitrogens with zero attached hydrogens (tertiary/aromatic N) is 3. The molecule has 0 saturated carbocycles. The molecule has 8 heteroatoms. The minimum atomic E-state index is 0.397. The quantitative estimate of drug-likeness (QED) is 0.546. The number of rotatable bonds is 4. The number of benzene rings is 1. The fourth-order valence-electron chi connectivity index (χ4n) is 3.40. The normalized spacial score (nSPS) is 19.6. The first-order valence-corrected chi connectivity index (χ1v) is 10.1. The summed E-state index contributed by atoms with van der Waals surface area (Å²) in [5, 5.41) is 7.72. The van der Waals surface area contributed by atoms with Gasteiger partial charge < -0.3 is 15.5 Å². The zero-order valence-corrected chi connectivity index (χ0v) is 17.7. The van der Waals surface area contributed by atoms with Crippen molar-refractivity contribution < 1.29 is 0 Å². The standard InChI is InChI=1S/C19H23Cl2N5S/c1-12-7-13(2)11-26(10-12)17-8-16(21)23-18(24-17)25-19(27)22-9-14-3-5-15(20)6-4-14/h3-6,8,12-13H,7,9-11H2,1-2H3,(H2,22,23,24,25,27)/t12-,13+. The van der Waals surface area contributed by atoms with Crippen molar-refractivity contribution in [3.05, 3.63) is 46.1 Å². The maximum absolute atomic E-state index is 6.22. The van der Waals surface area contributed by atoms with Crippen LogP contribution in [-0.4, -0.2) is 28.2 Å². The third-order valence-electron chi connectivity index (χ3n) is 4.47. The van der Waals surface area contributed by atoms with E-state index in [0.29, 0.717) is 39.6 Å². The lowest BCUT2D eigenvalue weighted by Crippen LogP contribution is -2.39. The number of thiocarbonyl (C=S) groups is 1. The zero-order chi connectivity index (χ0) is 19.4. The van der Waals surface area contributed by atoms with Crippen LogP contribution >= 0.6 is 35.4 Å². The lowest BCUT2D eigenvalue weighted by Gasteiger charge is -2.35. The highest BCUT2D eigenvalue weighted by Gasteiger charge is 2.23. The second kappa shape index (κ2) is 9.04. The van der Waals surface area contributed by atoms with E-state index in [0.717, 1.165) is 24.5 Å². The van der Waals surface area contributed by atoms with Gasteiger partial charge in [-0.15, -0.1) is 0 Å². The Balaban J connectivity index is 1.63. The summed E-state index contributed by atoms with van der Waals surface area (Å²) in [5.41, 5.74) is 1.08. The molecule has 2 aromatic rings. The monoisotopic (exact) mass is 423 g/mol. The molecule has 27 heavy (non-hydrogen) atoms. The van der Waals surface area contributed by atoms with Crippen LogP contribution in [0.3, 0.4) is 0 Å². The number of piperidine rings is 1. The van der Waals surface area contributed by atoms with Gasteiger partial charge in [-0.05, 0) is 48.2 Å². The number of anilines is 2. The number of nitrogens with one attached hydrogen (secondary N) is 2. The van der Waals surface area contributed by atoms with Crippen molar-refractivity contribution >= 4 is 52.3 Å². The van der Waals surface area contributed by atoms with Crippen molar-refractivity contribution in [1.29, 1.82) is 0 Å². The molecule has 1 aromatic heterocycles. The van der Waals surface area contributed by atoms with E-state index in [4.69, 9.17) is 35.4 Å². The number of hydrogen-bond donors (Lipinski definition) is 2. The first kappa shape index (κ1) is 20.1. The molecule has 0 radical (unpaired) electrons. The smallest absolute Gasteiger partial charge is 0.232 e. The molecule has 1 saturated heterocycles. The molecule has 1 aliphatic heterocycles. The molecule has 0 amide bonds. The van der Waals surface area contributed by atoms with Crippen LogP contribution in [0, 0.1) is 11.8 Å². The van der Waals surface area contributed by atoms with Gasteiger partial charge in [-0.2, -0.15) is 4.98 Å². The second-order valence-electron chi connectivity index (χ2n) is 7.16. The molecule has 2 atom stereocenters. The molecular formula is C19H23Cl2N5S. The van der Waals surface area contributed by atoms with Crippen LogP contribution in [0.15, 0.2) is 30.3 Å². The molecule has 0 unspecified atom stereocenters. The van der Waals surface area contributed by atoms with E-state index in [1.165, 1.54) is 6.42 Å². The van der Waals surface area contributed by atoms with Crippen molar-refractivity contribution in [2.24, 2.45) is 11.8 Å². The SMILES string of the molecule is C[C@@H]1C[C@H](C)CN(c2cc(Cl)nc(NC(=S)NCc3ccc(Cl)cc3)n2)C1. The molecular weight excluding hydrogens is 401 g/mol. The molecule has 2 heterocycles. The van der Waals surface area contributed by atoms with E-state index >= 15 is 0 Å². The van der Waals surface area contributed by atoms with Crippen molar-refractivity contribution in [2.45, 2.75) is 26.8 Å². The summed E-state index contributed by atoms with van der Waals surface area (Å²) in [6, 6.07) is 9.40. The van der Waals surface area contributed by atoms with Crippen molar-refractivity contribution in [3.63, 3.8) is 0 Å². The maximum atomic E-state index is 6.22. The van der Waals surface area contributed by atoms with Crippen LogP contribution in [0.4, 0.5) is 11.8 Å². The molecule has 0 spiro atoms. The van der Waals surface area contributed by atoms with Crippen molar-refractivity contribution in [1.82, 2.24) is 15.3 Å². The van der Waals surface area contributed by atoms with Gasteiger partial charge >= 0.3 is 0 Å². The summed E-state index contributed by atoms with van der Waals surface area (Å²) >= 11 is 17.5. The Morgan fingerprint density at radius 1 is 1.15 bits per heavy atom. The van der Waals surface area contributed by atoms with Gasteiger partial charge in [0, 0.05) is 30.7 Å². The van der Waals surface area contributed by atoms with Crippen LogP contribution in [0.1, 0.15) is 25.8 Å². The molecule has 0 bridgehead atoms. The Bertz CT molecular complexity index is 789. The third kappa shape index (κ3) is 5.92. The van der Waals surface area contributed by atoms with Gasteiger partial charge in [-0.1, -0.05) is 49.2 Å². The van der Waals surface area contributed by atoms with E-state index in [1.54, 1.807) is 0 Å². The van der Waals surface area contributed by atoms with Crippen LogP contribution in [-0.2, 0) is 6.54 Å². The maximum Gasteiger partial charge on any atom is 0.232 e. The summed E-state index contributed by atoms with van der Waals surface area (Å²) in [6.07, 6.45) is 1.24. The second-order valence-corrected chi connectivity index (χ2v) is 8.39. The Morgan fingerprint density at radius 2 is 1.81 bits per heavy atom. The topological polar surface area (TPSA) is 53.1 Å². The predicted molar refractivity (Wildman–Crippen MR) is 117 cm³/mol. The fraction of sp³-hybridized carbons (Fsp3) is 0.421. The van der Waals surface area contributed by atoms with E-state index in [9.17, 15) is 0 Å². The summed E-state index contributed by atoms with van der Waals surface area (Å²) < 4.78 is 0. The van der Waals surface area contributed by atoms with Crippen LogP contribution in [0.2, 0.25) is 10.2 Å². The fourth-order valence-corrected chi connectivity index (χ4v) is 3.87. The Labute approximate surface area is 175 Å². The minimum absolute atomic E-state index is 0.397. The van der Waals surface area contributed by atoms with Crippen molar-refractivity contribution in [3.8, 4) is 0 Å². The first-order valence-electron chi connectivity index (χ1n) is 8.98. The number of aromatic nitrogens is 2. The first-order chi connectivity index (χ1) is 12.9. The average Bonchev–Trinajstić information content (AvgIpc) is 2.60. The van der Waals surface area contributed by atoms with Crippen LogP contribution < -0.4 is 15.5 Å². The molecule has 2 N–H and O–H groups in total. The van der Waals surface area contributed by atoms with Gasteiger partial charge in [0.15, 0.2) is 5.11 Å². The Morgan fingerprint density at radius 3 is 2.48 bits per heavy atom. The summed E-state index contributed by atoms with van der Waals surface area (Å²) in [4.78, 5) is 11.1. The highest BCUT2D eigenvalue weighted by atomic mass is 35.5. The van der Waals surface area contributed by atoms with E-state index < -0.39 is 0 Å². The highest BCUT2D eigenvalue weighted by Crippen LogP contribution is 2.27. The van der Waals surface area contributed by atoms with Gasteiger partial charge in [0.1, 0.15) is 11.0 Å². The molecule has 1 aliphatic rings. The number of halogens is 2. The molecule has 5 nitrogen and oxygen atoms in total. The Kier molecular flexibility index (Phi) is 6.73. The number of hydrogen-bond acceptors (Lipinski definition) is 4. The highest BCUT2D eigenvalue weighted by molar-refractivity contribution is 7.80. The molecule has 144 valence electrons. The third-order valence-corrected chi connectivity index (χ3v) is 5.16. The van der Waals surface area contributed by atoms with E-state index in [2.05, 4.69) is 39.3 Å². The van der Waals surface area contributed by atoms with Gasteiger partial charge in [0.05, 0.1) is 0 Å². The van der Waals surface area contributed by atoms with E-state index in [1.807, 2.05) is 30.3 Å².